The molecule has 260 valence electrons. The zero-order valence-electron chi connectivity index (χ0n) is 29.0. The molecule has 2 heterocycles. The molecule has 1 fully saturated rings. The lowest BCUT2D eigenvalue weighted by Crippen LogP contribution is -2.69. The topological polar surface area (TPSA) is 102 Å². The lowest BCUT2D eigenvalue weighted by atomic mass is 9.80. The molecule has 0 spiro atoms. The fourth-order valence-corrected chi connectivity index (χ4v) is 13.1. The van der Waals surface area contributed by atoms with Crippen molar-refractivity contribution in [2.75, 3.05) is 13.7 Å². The molecular weight excluding hydrogens is 684 g/mol. The number of esters is 1. The maximum atomic E-state index is 14.8. The number of hydrogen-bond donors (Lipinski definition) is 1. The highest BCUT2D eigenvalue weighted by molar-refractivity contribution is 7.96. The number of β-lactam (4-membered cyclic amide) rings is 1. The normalized spacial score (nSPS) is 16.6. The average Bonchev–Trinajstić information content (AvgIpc) is 3.61. The fourth-order valence-electron chi connectivity index (χ4n) is 6.58. The number of likely N-dealkylation sites (tertiary alicyclic amines) is 1. The molecule has 50 heavy (non-hydrogen) atoms. The van der Waals surface area contributed by atoms with Gasteiger partial charge in [0.1, 0.15) is 12.0 Å². The number of hydrogen-bond acceptors (Lipinski definition) is 7. The Balaban J connectivity index is 1.82. The molecule has 3 atom stereocenters. The van der Waals surface area contributed by atoms with Crippen LogP contribution in [-0.2, 0) is 18.8 Å². The Labute approximate surface area is 299 Å². The molecule has 0 bridgehead atoms. The second kappa shape index (κ2) is 15.7. The number of ketones is 1. The van der Waals surface area contributed by atoms with E-state index in [0.29, 0.717) is 9.75 Å². The molecule has 1 aliphatic heterocycles. The van der Waals surface area contributed by atoms with Crippen molar-refractivity contribution in [2.24, 2.45) is 5.92 Å². The predicted molar refractivity (Wildman–Crippen MR) is 206 cm³/mol. The monoisotopic (exact) mass is 726 g/mol. The van der Waals surface area contributed by atoms with Gasteiger partial charge in [-0.05, 0) is 54.6 Å². The van der Waals surface area contributed by atoms with Gasteiger partial charge in [0.05, 0.1) is 27.8 Å². The number of ether oxygens (including phenoxy) is 1. The number of nitrogens with zero attached hydrogens (tertiary/aromatic N) is 1. The van der Waals surface area contributed by atoms with Crippen molar-refractivity contribution in [1.82, 2.24) is 10.2 Å². The van der Waals surface area contributed by atoms with Crippen molar-refractivity contribution in [2.45, 2.75) is 45.1 Å². The van der Waals surface area contributed by atoms with Gasteiger partial charge >= 0.3 is 5.97 Å². The number of benzene rings is 3. The molecule has 1 N–H and O–H groups in total. The first kappa shape index (κ1) is 36.9. The van der Waals surface area contributed by atoms with Gasteiger partial charge in [-0.3, -0.25) is 14.4 Å². The highest BCUT2D eigenvalue weighted by Crippen LogP contribution is 2.50. The summed E-state index contributed by atoms with van der Waals surface area (Å²) >= 11 is 1.10. The van der Waals surface area contributed by atoms with Crippen LogP contribution in [0.1, 0.15) is 32.7 Å². The van der Waals surface area contributed by atoms with Gasteiger partial charge < -0.3 is 19.4 Å². The Morgan fingerprint density at radius 2 is 1.38 bits per heavy atom. The van der Waals surface area contributed by atoms with E-state index in [1.54, 1.807) is 12.1 Å². The summed E-state index contributed by atoms with van der Waals surface area (Å²) in [6.07, 6.45) is 0.895. The number of amides is 2. The molecule has 5 rings (SSSR count). The van der Waals surface area contributed by atoms with Gasteiger partial charge in [0.25, 0.3) is 5.91 Å². The highest BCUT2D eigenvalue weighted by Gasteiger charge is 2.56. The fraction of sp³-hybridized carbons (Fsp3) is 0.256. The minimum absolute atomic E-state index is 0.0671. The van der Waals surface area contributed by atoms with E-state index in [1.165, 1.54) is 18.0 Å². The molecule has 0 radical (unpaired) electrons. The average molecular weight is 727 g/mol. The first-order chi connectivity index (χ1) is 23.9. The summed E-state index contributed by atoms with van der Waals surface area (Å²) < 4.78 is 12.3. The Morgan fingerprint density at radius 3 is 1.84 bits per heavy atom. The summed E-state index contributed by atoms with van der Waals surface area (Å²) in [7, 11) is -0.588. The molecule has 0 aliphatic carbocycles. The van der Waals surface area contributed by atoms with Crippen molar-refractivity contribution < 1.29 is 28.3 Å². The molecule has 1 saturated heterocycles. The van der Waals surface area contributed by atoms with Crippen molar-refractivity contribution in [3.05, 3.63) is 126 Å². The van der Waals surface area contributed by atoms with Crippen molar-refractivity contribution in [3.63, 3.8) is 0 Å². The van der Waals surface area contributed by atoms with Crippen molar-refractivity contribution in [1.29, 1.82) is 0 Å². The van der Waals surface area contributed by atoms with Gasteiger partial charge in [0.2, 0.25) is 5.91 Å². The van der Waals surface area contributed by atoms with Crippen LogP contribution in [0, 0.1) is 5.92 Å². The summed E-state index contributed by atoms with van der Waals surface area (Å²) in [5.41, 5.74) is 0.194. The van der Waals surface area contributed by atoms with E-state index in [4.69, 9.17) is 9.16 Å². The molecule has 11 heteroatoms. The number of carbonyl (C=O) groups excluding carboxylic acids is 4. The quantitative estimate of drug-likeness (QED) is 0.0454. The van der Waals surface area contributed by atoms with Gasteiger partial charge in [-0.15, -0.1) is 11.3 Å². The minimum Gasteiger partial charge on any atom is -0.457 e. The largest absolute Gasteiger partial charge is 0.457 e. The number of thiophene rings is 1. The van der Waals surface area contributed by atoms with Crippen LogP contribution < -0.4 is 21.2 Å². The van der Waals surface area contributed by atoms with Crippen LogP contribution in [0.25, 0.3) is 0 Å². The molecule has 2 amide bonds. The third kappa shape index (κ3) is 7.39. The Morgan fingerprint density at radius 1 is 0.880 bits per heavy atom. The summed E-state index contributed by atoms with van der Waals surface area (Å²) in [6.45, 7) is 8.56. The van der Waals surface area contributed by atoms with E-state index >= 15 is 0 Å². The molecule has 4 aromatic rings. The van der Waals surface area contributed by atoms with Gasteiger partial charge in [-0.2, -0.15) is 0 Å². The zero-order valence-corrected chi connectivity index (χ0v) is 31.7. The van der Waals surface area contributed by atoms with Crippen LogP contribution >= 0.6 is 18.2 Å². The molecule has 3 unspecified atom stereocenters. The first-order valence-electron chi connectivity index (χ1n) is 16.5. The summed E-state index contributed by atoms with van der Waals surface area (Å²) in [5, 5.41) is 5.15. The Kier molecular flexibility index (Phi) is 11.6. The van der Waals surface area contributed by atoms with Crippen LogP contribution in [0.5, 0.6) is 0 Å². The third-order valence-corrected chi connectivity index (χ3v) is 15.0. The first-order valence-corrected chi connectivity index (χ1v) is 22.5. The van der Waals surface area contributed by atoms with Crippen LogP contribution in [0.2, 0.25) is 19.6 Å². The third-order valence-electron chi connectivity index (χ3n) is 8.53. The number of rotatable bonds is 14. The van der Waals surface area contributed by atoms with Gasteiger partial charge in [-0.25, -0.2) is 4.79 Å². The molecule has 1 aliphatic rings. The van der Waals surface area contributed by atoms with E-state index in [1.807, 2.05) is 97.9 Å². The van der Waals surface area contributed by atoms with E-state index in [0.717, 1.165) is 27.3 Å². The number of carbonyl (C=O) groups is 4. The standard InChI is InChI=1S/C39H43N2O6PSSi/c1-7-25-46-39(45)38(48(28-17-11-8-12-18-28,29-19-13-9-14-20-29)30-21-15-10-16-22-30)41-31(35(37(41)44)27(2)47-50(4,5)6)26-32(42)33-23-24-34(49-33)36(43)40-3/h7-24,27,31,35H,1,25-26H2,2-6H3,(H,40,43). The van der Waals surface area contributed by atoms with E-state index in [2.05, 4.69) is 31.5 Å². The highest BCUT2D eigenvalue weighted by atomic mass is 32.1. The van der Waals surface area contributed by atoms with Crippen LogP contribution in [0.4, 0.5) is 0 Å². The second-order valence-corrected chi connectivity index (χ2v) is 21.9. The molecular formula is C39H43N2O6PSSi. The maximum Gasteiger partial charge on any atom is 0.356 e. The second-order valence-electron chi connectivity index (χ2n) is 13.0. The van der Waals surface area contributed by atoms with Crippen molar-refractivity contribution >= 4 is 71.4 Å². The van der Waals surface area contributed by atoms with E-state index < -0.39 is 39.2 Å². The van der Waals surface area contributed by atoms with E-state index in [9.17, 15) is 19.2 Å². The van der Waals surface area contributed by atoms with Gasteiger partial charge in [-0.1, -0.05) is 104 Å². The summed E-state index contributed by atoms with van der Waals surface area (Å²) in [4.78, 5) is 58.3. The van der Waals surface area contributed by atoms with Gasteiger partial charge in [0.15, 0.2) is 14.1 Å². The molecule has 0 saturated carbocycles. The van der Waals surface area contributed by atoms with Gasteiger partial charge in [0, 0.05) is 20.4 Å². The molecule has 8 nitrogen and oxygen atoms in total. The number of Topliss-reactive ketones (excluding diaryl/α,β-unsaturated/α-hetero) is 1. The Bertz CT molecular complexity index is 1820. The Hall–Kier alpha value is -4.34. The maximum absolute atomic E-state index is 14.8. The van der Waals surface area contributed by atoms with E-state index in [-0.39, 0.29) is 36.0 Å². The summed E-state index contributed by atoms with van der Waals surface area (Å²) in [5.74, 6) is -2.18. The zero-order chi connectivity index (χ0) is 36.1. The lowest BCUT2D eigenvalue weighted by Gasteiger charge is -2.52. The lowest BCUT2D eigenvalue weighted by molar-refractivity contribution is -0.156. The SMILES string of the molecule is C=CCOC(=O)C(N1C(=O)C(C(C)O[Si](C)(C)C)C1CC(=O)c1ccc(C(=O)NC)s1)=P(c1ccccc1)(c1ccccc1)c1ccccc1. The molecule has 1 aromatic heterocycles. The van der Waals surface area contributed by atoms with Crippen LogP contribution in [0.3, 0.4) is 0 Å². The minimum atomic E-state index is -3.16. The van der Waals surface area contributed by atoms with Crippen molar-refractivity contribution in [3.8, 4) is 0 Å². The predicted octanol–water partition coefficient (Wildman–Crippen LogP) is 5.60. The van der Waals surface area contributed by atoms with Crippen LogP contribution in [-0.4, -0.2) is 68.0 Å². The summed E-state index contributed by atoms with van der Waals surface area (Å²) in [6, 6.07) is 31.7. The van der Waals surface area contributed by atoms with Crippen LogP contribution in [0.15, 0.2) is 116 Å². The molecule has 3 aromatic carbocycles. The number of nitrogens with one attached hydrogen (secondary N) is 1. The smallest absolute Gasteiger partial charge is 0.356 e.